The molecule has 0 amide bonds. The van der Waals surface area contributed by atoms with Crippen LogP contribution in [0.25, 0.3) is 71.5 Å². The van der Waals surface area contributed by atoms with Gasteiger partial charge in [0.25, 0.3) is 0 Å². The first kappa shape index (κ1) is 28.5. The Morgan fingerprint density at radius 1 is 0.520 bits per heavy atom. The lowest BCUT2D eigenvalue weighted by atomic mass is 9.98. The van der Waals surface area contributed by atoms with Crippen molar-refractivity contribution in [3.05, 3.63) is 175 Å². The second kappa shape index (κ2) is 11.6. The van der Waals surface area contributed by atoms with Gasteiger partial charge in [-0.1, -0.05) is 133 Å². The highest BCUT2D eigenvalue weighted by molar-refractivity contribution is 6.22. The molecule has 4 heteroatoms. The number of aromatic nitrogens is 3. The zero-order chi connectivity index (χ0) is 33.0. The lowest BCUT2D eigenvalue weighted by Gasteiger charge is -2.27. The van der Waals surface area contributed by atoms with Crippen LogP contribution in [0.1, 0.15) is 5.56 Å². The third kappa shape index (κ3) is 4.53. The largest absolute Gasteiger partial charge is 0.337 e. The van der Waals surface area contributed by atoms with Crippen LogP contribution in [0.3, 0.4) is 0 Å². The normalized spacial score (nSPS) is 13.2. The molecule has 50 heavy (non-hydrogen) atoms. The second-order valence-corrected chi connectivity index (χ2v) is 12.9. The summed E-state index contributed by atoms with van der Waals surface area (Å²) in [6.07, 6.45) is 9.71. The van der Waals surface area contributed by atoms with E-state index in [4.69, 9.17) is 9.97 Å². The average molecular weight is 641 g/mol. The summed E-state index contributed by atoms with van der Waals surface area (Å²) in [5.41, 5.74) is 9.53. The number of anilines is 2. The molecule has 0 N–H and O–H groups in total. The number of fused-ring (bicyclic) bond motifs is 9. The number of para-hydroxylation sites is 2. The molecule has 10 rings (SSSR count). The highest BCUT2D eigenvalue weighted by Gasteiger charge is 2.23. The molecule has 0 bridgehead atoms. The van der Waals surface area contributed by atoms with Crippen LogP contribution in [-0.4, -0.2) is 21.1 Å². The molecule has 0 spiro atoms. The number of hydrogen-bond acceptors (Lipinski definition) is 3. The first-order valence-electron chi connectivity index (χ1n) is 17.2. The van der Waals surface area contributed by atoms with E-state index in [1.54, 1.807) is 0 Å². The van der Waals surface area contributed by atoms with Crippen molar-refractivity contribution in [2.75, 3.05) is 11.4 Å². The van der Waals surface area contributed by atoms with Gasteiger partial charge in [0.15, 0.2) is 5.82 Å². The van der Waals surface area contributed by atoms with Crippen molar-refractivity contribution in [2.45, 2.75) is 6.42 Å². The van der Waals surface area contributed by atoms with Crippen LogP contribution in [-0.2, 0) is 6.42 Å². The maximum Gasteiger partial charge on any atom is 0.165 e. The fourth-order valence-corrected chi connectivity index (χ4v) is 7.75. The van der Waals surface area contributed by atoms with Crippen molar-refractivity contribution in [3.8, 4) is 17.1 Å². The Morgan fingerprint density at radius 2 is 1.22 bits per heavy atom. The van der Waals surface area contributed by atoms with E-state index < -0.39 is 0 Å². The third-order valence-electron chi connectivity index (χ3n) is 10.1. The molecular formula is C46H32N4. The summed E-state index contributed by atoms with van der Waals surface area (Å²) in [5.74, 6) is 0.822. The van der Waals surface area contributed by atoms with Crippen LogP contribution in [0.15, 0.2) is 170 Å². The van der Waals surface area contributed by atoms with Crippen LogP contribution < -0.4 is 4.90 Å². The molecule has 236 valence electrons. The van der Waals surface area contributed by atoms with Crippen LogP contribution in [0, 0.1) is 0 Å². The number of nitrogens with zero attached hydrogens (tertiary/aromatic N) is 4. The molecule has 0 saturated heterocycles. The Labute approximate surface area is 289 Å². The van der Waals surface area contributed by atoms with Crippen molar-refractivity contribution < 1.29 is 0 Å². The van der Waals surface area contributed by atoms with Crippen molar-refractivity contribution in [3.63, 3.8) is 0 Å². The number of hydrogen-bond donors (Lipinski definition) is 0. The van der Waals surface area contributed by atoms with E-state index in [0.29, 0.717) is 0 Å². The molecule has 0 fully saturated rings. The molecule has 4 nitrogen and oxygen atoms in total. The second-order valence-electron chi connectivity index (χ2n) is 12.9. The summed E-state index contributed by atoms with van der Waals surface area (Å²) < 4.78 is 2.34. The minimum atomic E-state index is 0.745. The third-order valence-corrected chi connectivity index (χ3v) is 10.1. The fraction of sp³-hybridized carbons (Fsp3) is 0.0435. The predicted molar refractivity (Wildman–Crippen MR) is 210 cm³/mol. The monoisotopic (exact) mass is 640 g/mol. The Kier molecular flexibility index (Phi) is 6.59. The zero-order valence-corrected chi connectivity index (χ0v) is 27.4. The van der Waals surface area contributed by atoms with E-state index in [9.17, 15) is 0 Å². The van der Waals surface area contributed by atoms with Crippen molar-refractivity contribution in [1.29, 1.82) is 0 Å². The van der Waals surface area contributed by atoms with E-state index in [-0.39, 0.29) is 0 Å². The van der Waals surface area contributed by atoms with Gasteiger partial charge in [0.2, 0.25) is 0 Å². The minimum Gasteiger partial charge on any atom is -0.337 e. The SMILES string of the molecule is C1=CCc2c(ccc3ccccc23)N(c2ccc3c4c5ccccc5ccc4n(-c4nc5ccccc5nc4-c4ccccc4)c3c2)CC=C1. The van der Waals surface area contributed by atoms with Gasteiger partial charge < -0.3 is 4.90 Å². The van der Waals surface area contributed by atoms with Crippen LogP contribution in [0.2, 0.25) is 0 Å². The van der Waals surface area contributed by atoms with Crippen LogP contribution >= 0.6 is 0 Å². The standard InChI is InChI=1S/C46H32N4/c1-2-13-29-49(41-27-23-31-14-7-9-18-35(31)37(41)20-6-1)34-25-26-38-43(30-34)50(42-28-24-32-15-8-10-19-36(32)44(38)42)46-45(33-16-4-3-5-17-33)47-39-21-11-12-22-40(39)48-46/h1-19,21-28,30H,20,29H2. The molecule has 7 aromatic carbocycles. The fourth-order valence-electron chi connectivity index (χ4n) is 7.75. The van der Waals surface area contributed by atoms with Gasteiger partial charge in [0, 0.05) is 34.3 Å². The minimum absolute atomic E-state index is 0.745. The quantitative estimate of drug-likeness (QED) is 0.193. The molecule has 0 unspecified atom stereocenters. The Balaban J connectivity index is 1.30. The van der Waals surface area contributed by atoms with Crippen molar-refractivity contribution in [1.82, 2.24) is 14.5 Å². The van der Waals surface area contributed by atoms with Crippen LogP contribution in [0.5, 0.6) is 0 Å². The number of benzene rings is 7. The number of allylic oxidation sites excluding steroid dienone is 3. The van der Waals surface area contributed by atoms with E-state index in [2.05, 4.69) is 155 Å². The molecule has 0 atom stereocenters. The molecular weight excluding hydrogens is 609 g/mol. The van der Waals surface area contributed by atoms with E-state index in [1.807, 2.05) is 24.3 Å². The van der Waals surface area contributed by atoms with Crippen molar-refractivity contribution >= 4 is 65.8 Å². The summed E-state index contributed by atoms with van der Waals surface area (Å²) in [6, 6.07) is 52.0. The van der Waals surface area contributed by atoms with Gasteiger partial charge in [-0.15, -0.1) is 0 Å². The molecule has 0 saturated carbocycles. The van der Waals surface area contributed by atoms with Gasteiger partial charge >= 0.3 is 0 Å². The molecule has 2 aromatic heterocycles. The Bertz CT molecular complexity index is 2830. The molecule has 1 aliphatic heterocycles. The van der Waals surface area contributed by atoms with Crippen molar-refractivity contribution in [2.24, 2.45) is 0 Å². The smallest absolute Gasteiger partial charge is 0.165 e. The van der Waals surface area contributed by atoms with Gasteiger partial charge in [-0.3, -0.25) is 4.57 Å². The van der Waals surface area contributed by atoms with Gasteiger partial charge in [-0.25, -0.2) is 9.97 Å². The molecule has 0 aliphatic carbocycles. The number of rotatable bonds is 3. The maximum absolute atomic E-state index is 5.39. The summed E-state index contributed by atoms with van der Waals surface area (Å²) in [6.45, 7) is 0.745. The van der Waals surface area contributed by atoms with Crippen LogP contribution in [0.4, 0.5) is 11.4 Å². The van der Waals surface area contributed by atoms with Gasteiger partial charge in [0.1, 0.15) is 5.69 Å². The molecule has 1 aliphatic rings. The van der Waals surface area contributed by atoms with E-state index in [0.717, 1.165) is 57.8 Å². The summed E-state index contributed by atoms with van der Waals surface area (Å²) in [7, 11) is 0. The van der Waals surface area contributed by atoms with E-state index >= 15 is 0 Å². The Hall–Kier alpha value is -6.52. The zero-order valence-electron chi connectivity index (χ0n) is 27.4. The first-order valence-corrected chi connectivity index (χ1v) is 17.2. The van der Waals surface area contributed by atoms with E-state index in [1.165, 1.54) is 43.6 Å². The summed E-state index contributed by atoms with van der Waals surface area (Å²) in [5, 5.41) is 7.41. The lowest BCUT2D eigenvalue weighted by Crippen LogP contribution is -2.18. The molecule has 0 radical (unpaired) electrons. The molecule has 9 aromatic rings. The van der Waals surface area contributed by atoms with Gasteiger partial charge in [0.05, 0.1) is 22.1 Å². The van der Waals surface area contributed by atoms with Gasteiger partial charge in [-0.05, 0) is 69.9 Å². The highest BCUT2D eigenvalue weighted by atomic mass is 15.1. The maximum atomic E-state index is 5.39. The Morgan fingerprint density at radius 3 is 2.08 bits per heavy atom. The lowest BCUT2D eigenvalue weighted by molar-refractivity contribution is 1.07. The highest BCUT2D eigenvalue weighted by Crippen LogP contribution is 2.42. The summed E-state index contributed by atoms with van der Waals surface area (Å²) >= 11 is 0. The van der Waals surface area contributed by atoms with Gasteiger partial charge in [-0.2, -0.15) is 0 Å². The predicted octanol–water partition coefficient (Wildman–Crippen LogP) is 11.5. The summed E-state index contributed by atoms with van der Waals surface area (Å²) in [4.78, 5) is 13.1. The molecule has 3 heterocycles. The first-order chi connectivity index (χ1) is 24.8. The topological polar surface area (TPSA) is 34.0 Å². The average Bonchev–Trinajstić information content (AvgIpc) is 3.56.